The third-order valence-electron chi connectivity index (χ3n) is 5.29. The fraction of sp³-hybridized carbons (Fsp3) is 0.273. The lowest BCUT2D eigenvalue weighted by atomic mass is 10.2. The van der Waals surface area contributed by atoms with Gasteiger partial charge in [-0.3, -0.25) is 9.36 Å². The highest BCUT2D eigenvalue weighted by Gasteiger charge is 2.39. The van der Waals surface area contributed by atoms with Crippen LogP contribution < -0.4 is 11.0 Å². The molecule has 0 aliphatic rings. The van der Waals surface area contributed by atoms with Crippen LogP contribution in [0.4, 0.5) is 26.3 Å². The standard InChI is InChI=1S/C22H16Cl2F6N8O3/c23-12-5-3-11(4-6-12)16-35-37(20(41)36(16)8-14(39)22(28,29)30)9-15-33-18(19(40)32-10-21(25,26)27)38(34-15)17-13(24)2-1-7-31-17/h1-7,14,39H,8-10H2,(H,32,40). The van der Waals surface area contributed by atoms with Crippen LogP contribution in [0.15, 0.2) is 47.4 Å². The van der Waals surface area contributed by atoms with Crippen LogP contribution in [0, 0.1) is 0 Å². The molecule has 4 aromatic rings. The first-order valence-corrected chi connectivity index (χ1v) is 12.0. The van der Waals surface area contributed by atoms with Crippen molar-refractivity contribution in [2.24, 2.45) is 0 Å². The molecule has 218 valence electrons. The molecule has 0 aliphatic carbocycles. The van der Waals surface area contributed by atoms with Gasteiger partial charge in [0.05, 0.1) is 11.6 Å². The van der Waals surface area contributed by atoms with E-state index in [4.69, 9.17) is 23.2 Å². The number of hydrogen-bond donors (Lipinski definition) is 2. The van der Waals surface area contributed by atoms with Gasteiger partial charge >= 0.3 is 18.0 Å². The third-order valence-corrected chi connectivity index (χ3v) is 5.84. The minimum Gasteiger partial charge on any atom is -0.382 e. The second-order valence-corrected chi connectivity index (χ2v) is 9.15. The molecule has 4 rings (SSSR count). The van der Waals surface area contributed by atoms with Gasteiger partial charge in [-0.1, -0.05) is 23.2 Å². The van der Waals surface area contributed by atoms with Gasteiger partial charge in [-0.05, 0) is 36.4 Å². The van der Waals surface area contributed by atoms with Crippen LogP contribution in [-0.2, 0) is 13.1 Å². The van der Waals surface area contributed by atoms with Crippen LogP contribution in [0.3, 0.4) is 0 Å². The molecule has 0 spiro atoms. The van der Waals surface area contributed by atoms with Crippen molar-refractivity contribution < 1.29 is 36.2 Å². The molecule has 1 aromatic carbocycles. The van der Waals surface area contributed by atoms with Crippen LogP contribution in [0.2, 0.25) is 10.0 Å². The maximum Gasteiger partial charge on any atom is 0.416 e. The van der Waals surface area contributed by atoms with E-state index in [-0.39, 0.29) is 33.1 Å². The van der Waals surface area contributed by atoms with E-state index in [0.717, 1.165) is 4.68 Å². The molecule has 3 aromatic heterocycles. The largest absolute Gasteiger partial charge is 0.416 e. The Hall–Kier alpha value is -3.96. The summed E-state index contributed by atoms with van der Waals surface area (Å²) in [6.45, 7) is -3.55. The second kappa shape index (κ2) is 11.5. The first-order chi connectivity index (χ1) is 19.1. The van der Waals surface area contributed by atoms with E-state index < -0.39 is 55.5 Å². The van der Waals surface area contributed by atoms with Crippen LogP contribution in [-0.4, -0.2) is 70.1 Å². The smallest absolute Gasteiger partial charge is 0.382 e. The number of pyridine rings is 1. The summed E-state index contributed by atoms with van der Waals surface area (Å²) < 4.78 is 79.4. The van der Waals surface area contributed by atoms with Gasteiger partial charge in [-0.15, -0.1) is 10.2 Å². The topological polar surface area (TPSA) is 133 Å². The molecule has 11 nitrogen and oxygen atoms in total. The first kappa shape index (κ1) is 30.0. The Kier molecular flexibility index (Phi) is 8.41. The zero-order chi connectivity index (χ0) is 30.1. The van der Waals surface area contributed by atoms with Crippen LogP contribution in [0.5, 0.6) is 0 Å². The van der Waals surface area contributed by atoms with E-state index in [1.807, 2.05) is 0 Å². The van der Waals surface area contributed by atoms with Crippen molar-refractivity contribution in [3.63, 3.8) is 0 Å². The van der Waals surface area contributed by atoms with Gasteiger partial charge in [-0.2, -0.15) is 31.0 Å². The molecule has 1 unspecified atom stereocenters. The summed E-state index contributed by atoms with van der Waals surface area (Å²) >= 11 is 12.0. The summed E-state index contributed by atoms with van der Waals surface area (Å²) in [6.07, 6.45) is -11.5. The van der Waals surface area contributed by atoms with E-state index in [1.54, 1.807) is 5.32 Å². The van der Waals surface area contributed by atoms with Gasteiger partial charge in [0.25, 0.3) is 5.91 Å². The quantitative estimate of drug-likeness (QED) is 0.288. The van der Waals surface area contributed by atoms with Crippen molar-refractivity contribution in [2.45, 2.75) is 31.5 Å². The number of halogens is 8. The maximum atomic E-state index is 13.1. The molecule has 0 fully saturated rings. The number of carbonyl (C=O) groups is 1. The van der Waals surface area contributed by atoms with Crippen molar-refractivity contribution in [2.75, 3.05) is 6.54 Å². The normalized spacial score (nSPS) is 12.9. The molecule has 1 amide bonds. The Morgan fingerprint density at radius 1 is 1.05 bits per heavy atom. The number of carbonyl (C=O) groups excluding carboxylic acids is 1. The number of rotatable bonds is 8. The zero-order valence-electron chi connectivity index (χ0n) is 20.2. The zero-order valence-corrected chi connectivity index (χ0v) is 21.7. The molecule has 0 bridgehead atoms. The predicted octanol–water partition coefficient (Wildman–Crippen LogP) is 3.26. The minimum atomic E-state index is -5.06. The van der Waals surface area contributed by atoms with E-state index in [1.165, 1.54) is 42.6 Å². The van der Waals surface area contributed by atoms with Gasteiger partial charge in [-0.25, -0.2) is 19.4 Å². The molecule has 3 heterocycles. The van der Waals surface area contributed by atoms with Crippen molar-refractivity contribution in [3.8, 4) is 17.2 Å². The third kappa shape index (κ3) is 7.04. The Labute approximate surface area is 235 Å². The van der Waals surface area contributed by atoms with Crippen molar-refractivity contribution >= 4 is 29.1 Å². The predicted molar refractivity (Wildman–Crippen MR) is 131 cm³/mol. The van der Waals surface area contributed by atoms with Crippen molar-refractivity contribution in [1.29, 1.82) is 0 Å². The van der Waals surface area contributed by atoms with Gasteiger partial charge in [0, 0.05) is 16.8 Å². The molecule has 1 atom stereocenters. The highest BCUT2D eigenvalue weighted by atomic mass is 35.5. The second-order valence-electron chi connectivity index (χ2n) is 8.31. The molecular formula is C22H16Cl2F6N8O3. The molecule has 0 aliphatic heterocycles. The van der Waals surface area contributed by atoms with E-state index >= 15 is 0 Å². The van der Waals surface area contributed by atoms with Gasteiger partial charge in [0.1, 0.15) is 13.1 Å². The lowest BCUT2D eigenvalue weighted by Crippen LogP contribution is -2.37. The summed E-state index contributed by atoms with van der Waals surface area (Å²) in [4.78, 5) is 33.6. The van der Waals surface area contributed by atoms with Gasteiger partial charge < -0.3 is 10.4 Å². The summed E-state index contributed by atoms with van der Waals surface area (Å²) in [5, 5.41) is 19.6. The number of nitrogens with one attached hydrogen (secondary N) is 1. The number of alkyl halides is 6. The molecule has 41 heavy (non-hydrogen) atoms. The van der Waals surface area contributed by atoms with Gasteiger partial charge in [0.2, 0.25) is 5.82 Å². The van der Waals surface area contributed by atoms with Crippen molar-refractivity contribution in [3.05, 3.63) is 74.8 Å². The number of hydrogen-bond acceptors (Lipinski definition) is 7. The maximum absolute atomic E-state index is 13.1. The molecule has 0 saturated heterocycles. The number of benzene rings is 1. The van der Waals surface area contributed by atoms with Crippen LogP contribution in [0.25, 0.3) is 17.2 Å². The SMILES string of the molecule is O=C(NCC(F)(F)F)c1nc(Cn2nc(-c3ccc(Cl)cc3)n(CC(O)C(F)(F)F)c2=O)nn1-c1ncccc1Cl. The highest BCUT2D eigenvalue weighted by Crippen LogP contribution is 2.24. The minimum absolute atomic E-state index is 0.0542. The summed E-state index contributed by atoms with van der Waals surface area (Å²) in [5.74, 6) is -2.79. The Morgan fingerprint density at radius 3 is 2.34 bits per heavy atom. The lowest BCUT2D eigenvalue weighted by Gasteiger charge is -2.15. The monoisotopic (exact) mass is 624 g/mol. The summed E-state index contributed by atoms with van der Waals surface area (Å²) in [5.41, 5.74) is -0.945. The Balaban J connectivity index is 1.77. The van der Waals surface area contributed by atoms with Crippen LogP contribution in [0.1, 0.15) is 16.4 Å². The first-order valence-electron chi connectivity index (χ1n) is 11.2. The lowest BCUT2D eigenvalue weighted by molar-refractivity contribution is -0.207. The van der Waals surface area contributed by atoms with E-state index in [9.17, 15) is 41.0 Å². The number of amides is 1. The fourth-order valence-electron chi connectivity index (χ4n) is 3.44. The van der Waals surface area contributed by atoms with E-state index in [0.29, 0.717) is 9.25 Å². The fourth-order valence-corrected chi connectivity index (χ4v) is 3.77. The summed E-state index contributed by atoms with van der Waals surface area (Å²) in [7, 11) is 0. The Bertz CT molecular complexity index is 1620. The number of aliphatic hydroxyl groups is 1. The molecule has 19 heteroatoms. The molecule has 2 N–H and O–H groups in total. The average Bonchev–Trinajstić information content (AvgIpc) is 3.44. The average molecular weight is 625 g/mol. The number of aromatic nitrogens is 7. The number of aliphatic hydroxyl groups excluding tert-OH is 1. The molecule has 0 radical (unpaired) electrons. The molecular weight excluding hydrogens is 609 g/mol. The van der Waals surface area contributed by atoms with E-state index in [2.05, 4.69) is 20.2 Å². The van der Waals surface area contributed by atoms with Crippen molar-refractivity contribution in [1.82, 2.24) is 39.4 Å². The molecule has 0 saturated carbocycles. The summed E-state index contributed by atoms with van der Waals surface area (Å²) in [6, 6.07) is 8.35. The highest BCUT2D eigenvalue weighted by molar-refractivity contribution is 6.32. The van der Waals surface area contributed by atoms with Crippen LogP contribution >= 0.6 is 23.2 Å². The Morgan fingerprint density at radius 2 is 1.73 bits per heavy atom. The van der Waals surface area contributed by atoms with Gasteiger partial charge in [0.15, 0.2) is 23.6 Å². The number of nitrogens with zero attached hydrogens (tertiary/aromatic N) is 7.